The molecule has 0 spiro atoms. The maximum atomic E-state index is 15.2. The fraction of sp³-hybridized carbons (Fsp3) is 0.286. The van der Waals surface area contributed by atoms with Crippen LogP contribution in [0.5, 0.6) is 0 Å². The number of hydrogen-bond acceptors (Lipinski definition) is 7. The number of nitrogens with zero attached hydrogens (tertiary/aromatic N) is 6. The van der Waals surface area contributed by atoms with E-state index in [9.17, 15) is 35.9 Å². The second-order valence-corrected chi connectivity index (χ2v) is 10.2. The number of fused-ring (bicyclic) bond motifs is 1. The number of benzene rings is 1. The second-order valence-electron chi connectivity index (χ2n) is 10.2. The van der Waals surface area contributed by atoms with E-state index in [2.05, 4.69) is 25.5 Å². The fourth-order valence-corrected chi connectivity index (χ4v) is 4.82. The van der Waals surface area contributed by atoms with Crippen molar-refractivity contribution >= 4 is 16.5 Å². The van der Waals surface area contributed by atoms with Gasteiger partial charge in [-0.05, 0) is 49.4 Å². The molecule has 236 valence electrons. The van der Waals surface area contributed by atoms with Crippen LogP contribution in [-0.4, -0.2) is 40.6 Å². The Hall–Kier alpha value is -5.09. The lowest BCUT2D eigenvalue weighted by atomic mass is 10.1. The summed E-state index contributed by atoms with van der Waals surface area (Å²) in [4.78, 5) is 32.9. The van der Waals surface area contributed by atoms with Crippen LogP contribution in [0.25, 0.3) is 33.4 Å². The molecule has 5 aromatic rings. The van der Waals surface area contributed by atoms with Crippen LogP contribution in [0, 0.1) is 5.82 Å². The summed E-state index contributed by atoms with van der Waals surface area (Å²) in [5.74, 6) is -0.855. The predicted molar refractivity (Wildman–Crippen MR) is 149 cm³/mol. The smallest absolute Gasteiger partial charge is 0.381 e. The van der Waals surface area contributed by atoms with E-state index in [1.165, 1.54) is 29.2 Å². The highest BCUT2D eigenvalue weighted by atomic mass is 19.4. The van der Waals surface area contributed by atoms with E-state index in [0.717, 1.165) is 25.4 Å². The Morgan fingerprint density at radius 3 is 2.36 bits per heavy atom. The van der Waals surface area contributed by atoms with E-state index in [4.69, 9.17) is 0 Å². The first-order chi connectivity index (χ1) is 21.1. The van der Waals surface area contributed by atoms with E-state index in [1.54, 1.807) is 18.1 Å². The highest BCUT2D eigenvalue weighted by Gasteiger charge is 2.37. The van der Waals surface area contributed by atoms with Crippen LogP contribution in [-0.2, 0) is 25.9 Å². The number of H-pyrrole nitrogens is 1. The third-order valence-corrected chi connectivity index (χ3v) is 7.00. The number of pyridine rings is 1. The number of aromatic amines is 1. The zero-order valence-electron chi connectivity index (χ0n) is 23.5. The molecule has 0 aliphatic carbocycles. The fourth-order valence-electron chi connectivity index (χ4n) is 4.82. The highest BCUT2D eigenvalue weighted by molar-refractivity contribution is 5.86. The molecule has 1 atom stereocenters. The third-order valence-electron chi connectivity index (χ3n) is 7.00. The van der Waals surface area contributed by atoms with Crippen molar-refractivity contribution in [1.82, 2.24) is 34.5 Å². The number of aryl methyl sites for hydroxylation is 2. The van der Waals surface area contributed by atoms with E-state index in [0.29, 0.717) is 22.9 Å². The van der Waals surface area contributed by atoms with Gasteiger partial charge in [-0.25, -0.2) is 19.5 Å². The molecule has 1 aromatic carbocycles. The minimum Gasteiger partial charge on any atom is -0.381 e. The standard InChI is InChI=1S/C28H23F7N8O2/c1-14(39-21-13-38-40-25(44)23(21)28(33,34)35)4-3-6-43-7-5-15-8-18(19(29)9-17(15)26(43)45)24-36-11-16(12-37-24)20-10-22(27(30,31)32)42(2)41-20/h5,7-14H,3-4,6H2,1-2H3,(H2,39,40,44)/t14-/m0/s1. The van der Waals surface area contributed by atoms with Crippen molar-refractivity contribution in [3.05, 3.63) is 86.8 Å². The molecular formula is C28H23F7N8O2. The SMILES string of the molecule is C[C@@H](CCCn1ccc2cc(-c3ncc(-c4cc(C(F)(F)F)n(C)n4)cn3)c(F)cc2c1=O)Nc1cn[nH]c(=O)c1C(F)(F)F. The first kappa shape index (κ1) is 31.3. The number of halogens is 7. The van der Waals surface area contributed by atoms with Crippen molar-refractivity contribution in [1.29, 1.82) is 0 Å². The molecule has 2 N–H and O–H groups in total. The van der Waals surface area contributed by atoms with Gasteiger partial charge in [-0.2, -0.15) is 36.5 Å². The van der Waals surface area contributed by atoms with Gasteiger partial charge in [-0.1, -0.05) is 0 Å². The minimum atomic E-state index is -4.88. The van der Waals surface area contributed by atoms with Gasteiger partial charge in [0.25, 0.3) is 11.1 Å². The molecule has 0 aliphatic rings. The molecule has 0 amide bonds. The molecule has 0 bridgehead atoms. The number of anilines is 1. The Labute approximate surface area is 248 Å². The number of alkyl halides is 6. The molecular weight excluding hydrogens is 613 g/mol. The summed E-state index contributed by atoms with van der Waals surface area (Å²) in [6.07, 6.45) is -3.98. The Morgan fingerprint density at radius 1 is 1.00 bits per heavy atom. The van der Waals surface area contributed by atoms with Gasteiger partial charge < -0.3 is 9.88 Å². The van der Waals surface area contributed by atoms with E-state index < -0.39 is 52.3 Å². The average molecular weight is 637 g/mol. The normalized spacial score (nSPS) is 12.9. The van der Waals surface area contributed by atoms with Gasteiger partial charge in [-0.15, -0.1) is 0 Å². The molecule has 45 heavy (non-hydrogen) atoms. The third kappa shape index (κ3) is 6.56. The largest absolute Gasteiger partial charge is 0.433 e. The molecule has 17 heteroatoms. The van der Waals surface area contributed by atoms with Gasteiger partial charge in [0, 0.05) is 43.8 Å². The van der Waals surface area contributed by atoms with Crippen LogP contribution in [0.4, 0.5) is 36.4 Å². The van der Waals surface area contributed by atoms with E-state index >= 15 is 4.39 Å². The Balaban J connectivity index is 1.29. The first-order valence-electron chi connectivity index (χ1n) is 13.3. The summed E-state index contributed by atoms with van der Waals surface area (Å²) in [6.45, 7) is 1.80. The number of nitrogens with one attached hydrogen (secondary N) is 2. The van der Waals surface area contributed by atoms with Crippen LogP contribution in [0.15, 0.2) is 58.6 Å². The van der Waals surface area contributed by atoms with Crippen LogP contribution in [0.2, 0.25) is 0 Å². The molecule has 0 unspecified atom stereocenters. The Morgan fingerprint density at radius 2 is 1.71 bits per heavy atom. The molecule has 0 saturated carbocycles. The maximum absolute atomic E-state index is 15.2. The number of aromatic nitrogens is 7. The molecule has 10 nitrogen and oxygen atoms in total. The van der Waals surface area contributed by atoms with Crippen molar-refractivity contribution in [3.63, 3.8) is 0 Å². The van der Waals surface area contributed by atoms with Crippen LogP contribution >= 0.6 is 0 Å². The molecule has 0 radical (unpaired) electrons. The van der Waals surface area contributed by atoms with Gasteiger partial charge in [0.2, 0.25) is 0 Å². The number of rotatable bonds is 8. The topological polar surface area (TPSA) is 123 Å². The summed E-state index contributed by atoms with van der Waals surface area (Å²) < 4.78 is 96.4. The van der Waals surface area contributed by atoms with Gasteiger partial charge in [0.15, 0.2) is 5.82 Å². The Kier molecular flexibility index (Phi) is 8.20. The zero-order valence-corrected chi connectivity index (χ0v) is 23.5. The quantitative estimate of drug-likeness (QED) is 0.219. The average Bonchev–Trinajstić information content (AvgIpc) is 3.36. The molecule has 0 saturated heterocycles. The van der Waals surface area contributed by atoms with Crippen LogP contribution in [0.3, 0.4) is 0 Å². The first-order valence-corrected chi connectivity index (χ1v) is 13.3. The predicted octanol–water partition coefficient (Wildman–Crippen LogP) is 5.40. The molecule has 4 heterocycles. The summed E-state index contributed by atoms with van der Waals surface area (Å²) in [5.41, 5.74) is -4.52. The Bertz CT molecular complexity index is 1980. The molecule has 0 aliphatic heterocycles. The van der Waals surface area contributed by atoms with Crippen LogP contribution < -0.4 is 16.4 Å². The van der Waals surface area contributed by atoms with Crippen molar-refractivity contribution in [3.8, 4) is 22.6 Å². The molecule has 5 rings (SSSR count). The monoisotopic (exact) mass is 636 g/mol. The van der Waals surface area contributed by atoms with E-state index in [1.807, 2.05) is 0 Å². The van der Waals surface area contributed by atoms with Crippen LogP contribution in [0.1, 0.15) is 31.0 Å². The van der Waals surface area contributed by atoms with Crippen molar-refractivity contribution in [2.24, 2.45) is 7.05 Å². The molecule has 0 fully saturated rings. The zero-order chi connectivity index (χ0) is 32.7. The minimum absolute atomic E-state index is 0.0144. The lowest BCUT2D eigenvalue weighted by Crippen LogP contribution is -2.27. The highest BCUT2D eigenvalue weighted by Crippen LogP contribution is 2.33. The summed E-state index contributed by atoms with van der Waals surface area (Å²) >= 11 is 0. The molecule has 4 aromatic heterocycles. The van der Waals surface area contributed by atoms with Crippen molar-refractivity contribution in [2.45, 2.75) is 44.7 Å². The van der Waals surface area contributed by atoms with Gasteiger partial charge in [0.05, 0.1) is 28.5 Å². The van der Waals surface area contributed by atoms with Gasteiger partial charge in [-0.3, -0.25) is 14.3 Å². The van der Waals surface area contributed by atoms with E-state index in [-0.39, 0.29) is 34.6 Å². The summed E-state index contributed by atoms with van der Waals surface area (Å²) in [5, 5.41) is 12.1. The second kappa shape index (κ2) is 11.8. The van der Waals surface area contributed by atoms with Crippen molar-refractivity contribution < 1.29 is 30.7 Å². The maximum Gasteiger partial charge on any atom is 0.433 e. The summed E-state index contributed by atoms with van der Waals surface area (Å²) in [7, 11) is 1.15. The summed E-state index contributed by atoms with van der Waals surface area (Å²) in [6, 6.07) is 4.34. The lowest BCUT2D eigenvalue weighted by molar-refractivity contribution is -0.143. The lowest BCUT2D eigenvalue weighted by Gasteiger charge is -2.18. The van der Waals surface area contributed by atoms with Crippen molar-refractivity contribution in [2.75, 3.05) is 5.32 Å². The van der Waals surface area contributed by atoms with Gasteiger partial charge in [0.1, 0.15) is 17.1 Å². The number of hydrogen-bond donors (Lipinski definition) is 2. The van der Waals surface area contributed by atoms with Gasteiger partial charge >= 0.3 is 12.4 Å².